The lowest BCUT2D eigenvalue weighted by molar-refractivity contribution is 0.0943. The number of nitrogens with one attached hydrogen (secondary N) is 2. The van der Waals surface area contributed by atoms with Gasteiger partial charge < -0.3 is 10.6 Å². The summed E-state index contributed by atoms with van der Waals surface area (Å²) in [6, 6.07) is 14.7. The molecular formula is C18H20N2O2S. The Labute approximate surface area is 140 Å². The molecule has 0 fully saturated rings. The van der Waals surface area contributed by atoms with Crippen molar-refractivity contribution in [3.63, 3.8) is 0 Å². The molecule has 2 rings (SSSR count). The Hall–Kier alpha value is -2.27. The second-order valence-corrected chi connectivity index (χ2v) is 5.85. The summed E-state index contributed by atoms with van der Waals surface area (Å²) in [5.41, 5.74) is 2.21. The van der Waals surface area contributed by atoms with Gasteiger partial charge in [0.15, 0.2) is 0 Å². The van der Waals surface area contributed by atoms with Crippen LogP contribution in [0.4, 0.5) is 0 Å². The molecule has 2 aromatic carbocycles. The zero-order chi connectivity index (χ0) is 16.7. The van der Waals surface area contributed by atoms with Crippen molar-refractivity contribution in [2.75, 3.05) is 12.8 Å². The maximum absolute atomic E-state index is 12.1. The maximum atomic E-state index is 12.1. The first-order valence-electron chi connectivity index (χ1n) is 7.43. The van der Waals surface area contributed by atoms with Crippen LogP contribution in [0.1, 0.15) is 33.2 Å². The average Bonchev–Trinajstić information content (AvgIpc) is 2.60. The quantitative estimate of drug-likeness (QED) is 0.801. The predicted octanol–water partition coefficient (Wildman–Crippen LogP) is 3.09. The zero-order valence-corrected chi connectivity index (χ0v) is 14.1. The van der Waals surface area contributed by atoms with Crippen molar-refractivity contribution in [2.45, 2.75) is 18.4 Å². The van der Waals surface area contributed by atoms with E-state index >= 15 is 0 Å². The van der Waals surface area contributed by atoms with E-state index in [1.165, 1.54) is 0 Å². The largest absolute Gasteiger partial charge is 0.352 e. The molecule has 0 bridgehead atoms. The standard InChI is InChI=1S/C18H20N2O2S/c1-3-19-17(21)14-6-4-13(5-7-14)12-20-18(22)15-8-10-16(23-2)11-9-15/h4-11H,3,12H2,1-2H3,(H,19,21)(H,20,22). The average molecular weight is 328 g/mol. The van der Waals surface area contributed by atoms with Crippen LogP contribution in [-0.2, 0) is 6.54 Å². The molecule has 0 unspecified atom stereocenters. The molecule has 0 heterocycles. The molecule has 0 saturated carbocycles. The van der Waals surface area contributed by atoms with E-state index < -0.39 is 0 Å². The molecule has 0 aromatic heterocycles. The minimum absolute atomic E-state index is 0.0861. The molecule has 5 heteroatoms. The second kappa shape index (κ2) is 8.39. The van der Waals surface area contributed by atoms with Gasteiger partial charge in [0.2, 0.25) is 0 Å². The normalized spacial score (nSPS) is 10.2. The molecule has 0 aliphatic rings. The Balaban J connectivity index is 1.92. The minimum atomic E-state index is -0.106. The summed E-state index contributed by atoms with van der Waals surface area (Å²) in [6.45, 7) is 2.91. The van der Waals surface area contributed by atoms with E-state index in [4.69, 9.17) is 0 Å². The van der Waals surface area contributed by atoms with E-state index in [0.717, 1.165) is 10.5 Å². The van der Waals surface area contributed by atoms with Gasteiger partial charge in [-0.05, 0) is 55.1 Å². The molecule has 2 N–H and O–H groups in total. The van der Waals surface area contributed by atoms with Crippen LogP contribution in [0.5, 0.6) is 0 Å². The monoisotopic (exact) mass is 328 g/mol. The lowest BCUT2D eigenvalue weighted by atomic mass is 10.1. The van der Waals surface area contributed by atoms with Gasteiger partial charge in [0.05, 0.1) is 0 Å². The van der Waals surface area contributed by atoms with E-state index in [2.05, 4.69) is 10.6 Å². The first-order valence-corrected chi connectivity index (χ1v) is 8.66. The first kappa shape index (κ1) is 17.1. The van der Waals surface area contributed by atoms with Crippen LogP contribution in [-0.4, -0.2) is 24.6 Å². The van der Waals surface area contributed by atoms with Gasteiger partial charge in [0, 0.05) is 29.1 Å². The summed E-state index contributed by atoms with van der Waals surface area (Å²) < 4.78 is 0. The first-order chi connectivity index (χ1) is 11.1. The molecule has 2 aromatic rings. The maximum Gasteiger partial charge on any atom is 0.251 e. The van der Waals surface area contributed by atoms with Crippen LogP contribution in [0.2, 0.25) is 0 Å². The second-order valence-electron chi connectivity index (χ2n) is 4.97. The predicted molar refractivity (Wildman–Crippen MR) is 93.8 cm³/mol. The molecule has 0 atom stereocenters. The van der Waals surface area contributed by atoms with Gasteiger partial charge in [-0.15, -0.1) is 11.8 Å². The summed E-state index contributed by atoms with van der Waals surface area (Å²) in [5, 5.41) is 5.63. The highest BCUT2D eigenvalue weighted by atomic mass is 32.2. The Morgan fingerprint density at radius 1 is 0.870 bits per heavy atom. The molecular weight excluding hydrogens is 308 g/mol. The molecule has 0 spiro atoms. The van der Waals surface area contributed by atoms with E-state index in [1.807, 2.05) is 49.6 Å². The third-order valence-electron chi connectivity index (χ3n) is 3.36. The van der Waals surface area contributed by atoms with Crippen molar-refractivity contribution in [3.05, 3.63) is 65.2 Å². The van der Waals surface area contributed by atoms with Crippen LogP contribution in [0, 0.1) is 0 Å². The summed E-state index contributed by atoms with van der Waals surface area (Å²) in [7, 11) is 0. The van der Waals surface area contributed by atoms with Crippen molar-refractivity contribution in [1.82, 2.24) is 10.6 Å². The number of hydrogen-bond donors (Lipinski definition) is 2. The molecule has 0 saturated heterocycles. The fourth-order valence-electron chi connectivity index (χ4n) is 2.06. The van der Waals surface area contributed by atoms with Gasteiger partial charge in [-0.2, -0.15) is 0 Å². The van der Waals surface area contributed by atoms with Crippen LogP contribution in [0.3, 0.4) is 0 Å². The van der Waals surface area contributed by atoms with Crippen LogP contribution >= 0.6 is 11.8 Å². The molecule has 0 aliphatic carbocycles. The van der Waals surface area contributed by atoms with Crippen molar-refractivity contribution in [1.29, 1.82) is 0 Å². The molecule has 23 heavy (non-hydrogen) atoms. The lowest BCUT2D eigenvalue weighted by Crippen LogP contribution is -2.23. The lowest BCUT2D eigenvalue weighted by Gasteiger charge is -2.07. The van der Waals surface area contributed by atoms with E-state index in [1.54, 1.807) is 23.9 Å². The molecule has 0 aliphatic heterocycles. The summed E-state index contributed by atoms with van der Waals surface area (Å²) in [6.07, 6.45) is 2.00. The Morgan fingerprint density at radius 2 is 1.39 bits per heavy atom. The van der Waals surface area contributed by atoms with Crippen molar-refractivity contribution in [2.24, 2.45) is 0 Å². The SMILES string of the molecule is CCNC(=O)c1ccc(CNC(=O)c2ccc(SC)cc2)cc1. The van der Waals surface area contributed by atoms with Gasteiger partial charge in [-0.25, -0.2) is 0 Å². The van der Waals surface area contributed by atoms with Crippen molar-refractivity contribution >= 4 is 23.6 Å². The van der Waals surface area contributed by atoms with Gasteiger partial charge >= 0.3 is 0 Å². The number of carbonyl (C=O) groups is 2. The van der Waals surface area contributed by atoms with Crippen LogP contribution in [0.25, 0.3) is 0 Å². The smallest absolute Gasteiger partial charge is 0.251 e. The summed E-state index contributed by atoms with van der Waals surface area (Å²) in [4.78, 5) is 24.9. The number of amides is 2. The third kappa shape index (κ3) is 4.86. The number of benzene rings is 2. The fourth-order valence-corrected chi connectivity index (χ4v) is 2.47. The van der Waals surface area contributed by atoms with E-state index in [-0.39, 0.29) is 11.8 Å². The van der Waals surface area contributed by atoms with Crippen LogP contribution in [0.15, 0.2) is 53.4 Å². The van der Waals surface area contributed by atoms with Gasteiger partial charge in [0.25, 0.3) is 11.8 Å². The van der Waals surface area contributed by atoms with E-state index in [9.17, 15) is 9.59 Å². The highest BCUT2D eigenvalue weighted by molar-refractivity contribution is 7.98. The van der Waals surface area contributed by atoms with E-state index in [0.29, 0.717) is 24.2 Å². The van der Waals surface area contributed by atoms with Crippen LogP contribution < -0.4 is 10.6 Å². The Bertz CT molecular complexity index is 666. The number of rotatable bonds is 6. The zero-order valence-electron chi connectivity index (χ0n) is 13.3. The fraction of sp³-hybridized carbons (Fsp3) is 0.222. The number of hydrogen-bond acceptors (Lipinski definition) is 3. The molecule has 120 valence electrons. The third-order valence-corrected chi connectivity index (χ3v) is 4.10. The highest BCUT2D eigenvalue weighted by Gasteiger charge is 2.06. The topological polar surface area (TPSA) is 58.2 Å². The highest BCUT2D eigenvalue weighted by Crippen LogP contribution is 2.14. The Kier molecular flexibility index (Phi) is 6.23. The number of carbonyl (C=O) groups excluding carboxylic acids is 2. The molecule has 4 nitrogen and oxygen atoms in total. The minimum Gasteiger partial charge on any atom is -0.352 e. The number of thioether (sulfide) groups is 1. The van der Waals surface area contributed by atoms with Crippen molar-refractivity contribution < 1.29 is 9.59 Å². The van der Waals surface area contributed by atoms with Gasteiger partial charge in [-0.1, -0.05) is 12.1 Å². The molecule has 2 amide bonds. The summed E-state index contributed by atoms with van der Waals surface area (Å²) >= 11 is 1.64. The van der Waals surface area contributed by atoms with Crippen molar-refractivity contribution in [3.8, 4) is 0 Å². The Morgan fingerprint density at radius 3 is 1.91 bits per heavy atom. The molecule has 0 radical (unpaired) electrons. The summed E-state index contributed by atoms with van der Waals surface area (Å²) in [5.74, 6) is -0.192. The van der Waals surface area contributed by atoms with Gasteiger partial charge in [-0.3, -0.25) is 9.59 Å². The van der Waals surface area contributed by atoms with Gasteiger partial charge in [0.1, 0.15) is 0 Å².